The van der Waals surface area contributed by atoms with Gasteiger partial charge in [-0.3, -0.25) is 0 Å². The van der Waals surface area contributed by atoms with Crippen molar-refractivity contribution in [2.45, 2.75) is 9.79 Å². The lowest BCUT2D eigenvalue weighted by molar-refractivity contribution is 1.14. The van der Waals surface area contributed by atoms with Crippen molar-refractivity contribution < 1.29 is 0 Å². The highest BCUT2D eigenvalue weighted by Crippen LogP contribution is 2.53. The van der Waals surface area contributed by atoms with Gasteiger partial charge in [0.05, 0.1) is 39.5 Å². The molecule has 0 saturated carbocycles. The monoisotopic (exact) mass is 681 g/mol. The molecule has 2 aliphatic heterocycles. The molecule has 0 saturated heterocycles. The third kappa shape index (κ3) is 4.28. The van der Waals surface area contributed by atoms with Crippen LogP contribution in [0.4, 0.5) is 34.1 Å². The van der Waals surface area contributed by atoms with Crippen LogP contribution in [0.15, 0.2) is 198 Å². The minimum atomic E-state index is 1.11. The molecule has 0 unspecified atom stereocenters. The summed E-state index contributed by atoms with van der Waals surface area (Å²) >= 11 is 1.84. The van der Waals surface area contributed by atoms with Gasteiger partial charge in [-0.05, 0) is 83.9 Å². The molecule has 9 aromatic rings. The molecule has 3 heterocycles. The van der Waals surface area contributed by atoms with E-state index in [-0.39, 0.29) is 0 Å². The SMILES string of the molecule is c1ccc(N2c3ccccc3-c3ccccc3-c3cccc4c5cc(N6c7ccccc7Sc7ccccc76)ccc5n(c34)-c3ccccc32)cc1. The van der Waals surface area contributed by atoms with E-state index in [9.17, 15) is 0 Å². The zero-order valence-electron chi connectivity index (χ0n) is 28.1. The zero-order valence-corrected chi connectivity index (χ0v) is 29.0. The Bertz CT molecular complexity index is 2810. The van der Waals surface area contributed by atoms with Crippen molar-refractivity contribution in [2.24, 2.45) is 0 Å². The van der Waals surface area contributed by atoms with Crippen LogP contribution >= 0.6 is 11.8 Å². The highest BCUT2D eigenvalue weighted by Gasteiger charge is 2.28. The second-order valence-electron chi connectivity index (χ2n) is 13.3. The van der Waals surface area contributed by atoms with Crippen molar-refractivity contribution in [1.29, 1.82) is 0 Å². The Morgan fingerprint density at radius 1 is 0.327 bits per heavy atom. The lowest BCUT2D eigenvalue weighted by Crippen LogP contribution is -2.15. The molecule has 1 aromatic heterocycles. The predicted molar refractivity (Wildman–Crippen MR) is 219 cm³/mol. The molecule has 0 atom stereocenters. The Morgan fingerprint density at radius 3 is 1.60 bits per heavy atom. The summed E-state index contributed by atoms with van der Waals surface area (Å²) in [7, 11) is 0. The largest absolute Gasteiger partial charge is 0.308 e. The number of rotatable bonds is 2. The molecule has 0 amide bonds. The first kappa shape index (κ1) is 29.3. The van der Waals surface area contributed by atoms with E-state index in [0.29, 0.717) is 0 Å². The first-order chi connectivity index (χ1) is 25.8. The topological polar surface area (TPSA) is 11.4 Å². The van der Waals surface area contributed by atoms with Crippen LogP contribution in [0.2, 0.25) is 0 Å². The quantitative estimate of drug-likeness (QED) is 0.180. The van der Waals surface area contributed by atoms with Crippen molar-refractivity contribution in [3.05, 3.63) is 188 Å². The van der Waals surface area contributed by atoms with E-state index in [1.807, 2.05) is 11.8 Å². The van der Waals surface area contributed by atoms with Crippen LogP contribution < -0.4 is 9.80 Å². The van der Waals surface area contributed by atoms with E-state index in [1.54, 1.807) is 0 Å². The Morgan fingerprint density at radius 2 is 0.865 bits per heavy atom. The molecular weight excluding hydrogens is 651 g/mol. The molecule has 2 aliphatic rings. The highest BCUT2D eigenvalue weighted by atomic mass is 32.2. The van der Waals surface area contributed by atoms with Crippen molar-refractivity contribution in [3.8, 4) is 27.9 Å². The van der Waals surface area contributed by atoms with E-state index < -0.39 is 0 Å². The molecule has 0 N–H and O–H groups in total. The third-order valence-electron chi connectivity index (χ3n) is 10.5. The molecule has 8 aromatic carbocycles. The van der Waals surface area contributed by atoms with Crippen LogP contribution in [-0.4, -0.2) is 4.57 Å². The zero-order chi connectivity index (χ0) is 34.2. The van der Waals surface area contributed by atoms with E-state index in [1.165, 1.54) is 65.2 Å². The fourth-order valence-electron chi connectivity index (χ4n) is 8.32. The minimum absolute atomic E-state index is 1.11. The van der Waals surface area contributed by atoms with Crippen molar-refractivity contribution in [3.63, 3.8) is 0 Å². The Kier molecular flexibility index (Phi) is 6.48. The number of aromatic nitrogens is 1. The molecule has 11 rings (SSSR count). The van der Waals surface area contributed by atoms with E-state index in [0.717, 1.165) is 28.4 Å². The average Bonchev–Trinajstić information content (AvgIpc) is 3.54. The molecule has 3 nitrogen and oxygen atoms in total. The molecule has 0 bridgehead atoms. The maximum Gasteiger partial charge on any atom is 0.0703 e. The molecule has 4 heteroatoms. The summed E-state index contributed by atoms with van der Waals surface area (Å²) in [5.74, 6) is 0. The number of fused-ring (bicyclic) bond motifs is 11. The fourth-order valence-corrected chi connectivity index (χ4v) is 9.38. The lowest BCUT2D eigenvalue weighted by atomic mass is 9.91. The van der Waals surface area contributed by atoms with Crippen molar-refractivity contribution in [2.75, 3.05) is 9.80 Å². The van der Waals surface area contributed by atoms with Gasteiger partial charge in [-0.15, -0.1) is 0 Å². The number of hydrogen-bond acceptors (Lipinski definition) is 3. The molecule has 0 spiro atoms. The smallest absolute Gasteiger partial charge is 0.0703 e. The van der Waals surface area contributed by atoms with Gasteiger partial charge in [-0.25, -0.2) is 0 Å². The van der Waals surface area contributed by atoms with Gasteiger partial charge in [0.2, 0.25) is 0 Å². The number of anilines is 6. The first-order valence-corrected chi connectivity index (χ1v) is 18.5. The van der Waals surface area contributed by atoms with Crippen LogP contribution in [0.5, 0.6) is 0 Å². The third-order valence-corrected chi connectivity index (χ3v) is 11.6. The molecule has 244 valence electrons. The maximum absolute atomic E-state index is 2.51. The number of para-hydroxylation sites is 7. The number of hydrogen-bond donors (Lipinski definition) is 0. The summed E-state index contributed by atoms with van der Waals surface area (Å²) in [6.07, 6.45) is 0. The Hall–Kier alpha value is -6.49. The summed E-state index contributed by atoms with van der Waals surface area (Å²) in [6, 6.07) is 68.7. The number of nitrogens with zero attached hydrogens (tertiary/aromatic N) is 3. The molecular formula is C48H31N3S. The summed E-state index contributed by atoms with van der Waals surface area (Å²) < 4.78 is 2.51. The summed E-state index contributed by atoms with van der Waals surface area (Å²) in [5, 5.41) is 2.45. The van der Waals surface area contributed by atoms with Crippen LogP contribution in [0.1, 0.15) is 0 Å². The maximum atomic E-state index is 2.51. The molecule has 52 heavy (non-hydrogen) atoms. The standard InChI is InChI=1S/C48H31N3S/c1-2-15-32(16-3-1)49-40-22-7-6-19-36(40)34-17-4-5-18-35(34)37-20-14-21-38-39-31-33(29-30-41(39)51(48(37)38)43-24-9-8-23-42(43)49)50-44-25-10-12-27-46(44)52-47-28-13-11-26-45(47)50/h1-31H. The van der Waals surface area contributed by atoms with Crippen LogP contribution in [0.25, 0.3) is 49.7 Å². The van der Waals surface area contributed by atoms with Gasteiger partial charge in [0.25, 0.3) is 0 Å². The summed E-state index contributed by atoms with van der Waals surface area (Å²) in [5.41, 5.74) is 15.3. The second-order valence-corrected chi connectivity index (χ2v) is 14.4. The number of benzene rings is 8. The molecule has 0 fully saturated rings. The normalized spacial score (nSPS) is 12.8. The van der Waals surface area contributed by atoms with Crippen LogP contribution in [-0.2, 0) is 0 Å². The predicted octanol–water partition coefficient (Wildman–Crippen LogP) is 13.8. The van der Waals surface area contributed by atoms with Gasteiger partial charge < -0.3 is 14.4 Å². The van der Waals surface area contributed by atoms with E-state index in [4.69, 9.17) is 0 Å². The average molecular weight is 682 g/mol. The van der Waals surface area contributed by atoms with Gasteiger partial charge in [0, 0.05) is 43.1 Å². The van der Waals surface area contributed by atoms with Gasteiger partial charge in [0.15, 0.2) is 0 Å². The van der Waals surface area contributed by atoms with Crippen LogP contribution in [0.3, 0.4) is 0 Å². The summed E-state index contributed by atoms with van der Waals surface area (Å²) in [6.45, 7) is 0. The van der Waals surface area contributed by atoms with E-state index in [2.05, 4.69) is 202 Å². The van der Waals surface area contributed by atoms with Crippen molar-refractivity contribution >= 4 is 67.7 Å². The van der Waals surface area contributed by atoms with Crippen LogP contribution in [0, 0.1) is 0 Å². The lowest BCUT2D eigenvalue weighted by Gasteiger charge is -2.33. The Labute approximate surface area is 306 Å². The van der Waals surface area contributed by atoms with Gasteiger partial charge in [0.1, 0.15) is 0 Å². The van der Waals surface area contributed by atoms with E-state index >= 15 is 0 Å². The minimum Gasteiger partial charge on any atom is -0.308 e. The van der Waals surface area contributed by atoms with Gasteiger partial charge >= 0.3 is 0 Å². The summed E-state index contributed by atoms with van der Waals surface area (Å²) in [4.78, 5) is 7.38. The second kappa shape index (κ2) is 11.5. The van der Waals surface area contributed by atoms with Gasteiger partial charge in [-0.2, -0.15) is 0 Å². The first-order valence-electron chi connectivity index (χ1n) is 17.7. The molecule has 0 aliphatic carbocycles. The fraction of sp³-hybridized carbons (Fsp3) is 0. The highest BCUT2D eigenvalue weighted by molar-refractivity contribution is 7.99. The van der Waals surface area contributed by atoms with Crippen molar-refractivity contribution in [1.82, 2.24) is 4.57 Å². The van der Waals surface area contributed by atoms with Gasteiger partial charge in [-0.1, -0.05) is 127 Å². The Balaban J connectivity index is 1.27. The molecule has 0 radical (unpaired) electrons.